The molecule has 1 aliphatic carbocycles. The van der Waals surface area contributed by atoms with E-state index in [1.807, 2.05) is 11.0 Å². The third kappa shape index (κ3) is 3.27. The Labute approximate surface area is 151 Å². The molecular weight excluding hydrogens is 334 g/mol. The number of amides is 2. The topological polar surface area (TPSA) is 62.3 Å². The fraction of sp³-hybridized carbons (Fsp3) is 0.526. The number of carbonyl (C=O) groups is 2. The lowest BCUT2D eigenvalue weighted by Crippen LogP contribution is -2.35. The molecule has 1 saturated carbocycles. The van der Waals surface area contributed by atoms with Gasteiger partial charge in [0.1, 0.15) is 0 Å². The van der Waals surface area contributed by atoms with E-state index in [4.69, 9.17) is 0 Å². The van der Waals surface area contributed by atoms with Crippen LogP contribution >= 0.6 is 11.3 Å². The summed E-state index contributed by atoms with van der Waals surface area (Å²) < 4.78 is 1.09. The average molecular weight is 357 g/mol. The van der Waals surface area contributed by atoms with E-state index in [0.717, 1.165) is 29.5 Å². The summed E-state index contributed by atoms with van der Waals surface area (Å²) in [6, 6.07) is 6.55. The van der Waals surface area contributed by atoms with E-state index in [9.17, 15) is 9.59 Å². The van der Waals surface area contributed by atoms with Gasteiger partial charge >= 0.3 is 0 Å². The highest BCUT2D eigenvalue weighted by atomic mass is 32.1. The summed E-state index contributed by atoms with van der Waals surface area (Å²) in [7, 11) is 0. The Kier molecular flexibility index (Phi) is 4.46. The Morgan fingerprint density at radius 3 is 2.92 bits per heavy atom. The number of hydrogen-bond acceptors (Lipinski definition) is 4. The van der Waals surface area contributed by atoms with Crippen molar-refractivity contribution in [3.05, 3.63) is 23.8 Å². The molecule has 2 fully saturated rings. The van der Waals surface area contributed by atoms with Crippen molar-refractivity contribution in [3.63, 3.8) is 0 Å². The molecule has 6 heteroatoms. The average Bonchev–Trinajstić information content (AvgIpc) is 3.32. The number of anilines is 1. The second-order valence-electron chi connectivity index (χ2n) is 7.05. The number of likely N-dealkylation sites (tertiary alicyclic amines) is 1. The van der Waals surface area contributed by atoms with E-state index in [-0.39, 0.29) is 17.7 Å². The maximum Gasteiger partial charge on any atom is 0.231 e. The molecule has 2 amide bonds. The van der Waals surface area contributed by atoms with Crippen molar-refractivity contribution in [2.75, 3.05) is 11.9 Å². The lowest BCUT2D eigenvalue weighted by atomic mass is 10.1. The van der Waals surface area contributed by atoms with E-state index in [2.05, 4.69) is 29.4 Å². The molecule has 0 bridgehead atoms. The number of hydrogen-bond donors (Lipinski definition) is 1. The normalized spacial score (nSPS) is 21.4. The number of fused-ring (bicyclic) bond motifs is 1. The first-order chi connectivity index (χ1) is 12.1. The minimum absolute atomic E-state index is 0.0800. The van der Waals surface area contributed by atoms with Crippen LogP contribution in [0.1, 0.15) is 44.6 Å². The molecule has 0 unspecified atom stereocenters. The first kappa shape index (κ1) is 16.5. The molecule has 4 rings (SSSR count). The van der Waals surface area contributed by atoms with Crippen LogP contribution in [0.15, 0.2) is 18.2 Å². The van der Waals surface area contributed by atoms with Gasteiger partial charge in [0.2, 0.25) is 11.8 Å². The molecule has 2 aliphatic rings. The van der Waals surface area contributed by atoms with Gasteiger partial charge in [-0.2, -0.15) is 0 Å². The van der Waals surface area contributed by atoms with Crippen LogP contribution in [0, 0.1) is 5.92 Å². The SMILES string of the molecule is CCc1ccc2nc(NC(=O)[C@H]3CC(=O)N(C4CCCC4)C3)sc2c1. The summed E-state index contributed by atoms with van der Waals surface area (Å²) in [6.07, 6.45) is 5.85. The second kappa shape index (κ2) is 6.75. The van der Waals surface area contributed by atoms with Crippen LogP contribution in [-0.2, 0) is 16.0 Å². The number of aryl methyl sites for hydroxylation is 1. The predicted molar refractivity (Wildman–Crippen MR) is 99.7 cm³/mol. The summed E-state index contributed by atoms with van der Waals surface area (Å²) in [5, 5.41) is 3.56. The molecule has 2 heterocycles. The fourth-order valence-corrected chi connectivity index (χ4v) is 4.86. The summed E-state index contributed by atoms with van der Waals surface area (Å²) >= 11 is 1.50. The number of carbonyl (C=O) groups excluding carboxylic acids is 2. The lowest BCUT2D eigenvalue weighted by molar-refractivity contribution is -0.129. The van der Waals surface area contributed by atoms with Crippen LogP contribution in [0.25, 0.3) is 10.2 Å². The van der Waals surface area contributed by atoms with Gasteiger partial charge in [0.25, 0.3) is 0 Å². The predicted octanol–water partition coefficient (Wildman–Crippen LogP) is 3.59. The highest BCUT2D eigenvalue weighted by Gasteiger charge is 2.38. The van der Waals surface area contributed by atoms with Gasteiger partial charge in [0.05, 0.1) is 16.1 Å². The highest BCUT2D eigenvalue weighted by Crippen LogP contribution is 2.31. The Morgan fingerprint density at radius 2 is 2.16 bits per heavy atom. The minimum atomic E-state index is -0.258. The maximum absolute atomic E-state index is 12.6. The minimum Gasteiger partial charge on any atom is -0.339 e. The molecule has 0 spiro atoms. The molecule has 132 valence electrons. The Morgan fingerprint density at radius 1 is 1.36 bits per heavy atom. The highest BCUT2D eigenvalue weighted by molar-refractivity contribution is 7.22. The van der Waals surface area contributed by atoms with E-state index < -0.39 is 0 Å². The Bertz CT molecular complexity index is 810. The van der Waals surface area contributed by atoms with Crippen molar-refractivity contribution in [3.8, 4) is 0 Å². The van der Waals surface area contributed by atoms with Gasteiger partial charge in [-0.15, -0.1) is 0 Å². The van der Waals surface area contributed by atoms with Gasteiger partial charge in [-0.3, -0.25) is 9.59 Å². The monoisotopic (exact) mass is 357 g/mol. The van der Waals surface area contributed by atoms with Gasteiger partial charge in [-0.1, -0.05) is 37.2 Å². The van der Waals surface area contributed by atoms with E-state index in [0.29, 0.717) is 24.1 Å². The van der Waals surface area contributed by atoms with Crippen LogP contribution in [0.4, 0.5) is 5.13 Å². The first-order valence-corrected chi connectivity index (χ1v) is 9.95. The van der Waals surface area contributed by atoms with Crippen LogP contribution in [-0.4, -0.2) is 34.3 Å². The van der Waals surface area contributed by atoms with Gasteiger partial charge < -0.3 is 10.2 Å². The zero-order chi connectivity index (χ0) is 17.4. The first-order valence-electron chi connectivity index (χ1n) is 9.14. The van der Waals surface area contributed by atoms with Gasteiger partial charge in [0, 0.05) is 19.0 Å². The molecule has 1 N–H and O–H groups in total. The fourth-order valence-electron chi connectivity index (χ4n) is 3.93. The van der Waals surface area contributed by atoms with E-state index in [1.165, 1.54) is 29.7 Å². The zero-order valence-electron chi connectivity index (χ0n) is 14.5. The van der Waals surface area contributed by atoms with Crippen molar-refractivity contribution in [1.29, 1.82) is 0 Å². The molecule has 25 heavy (non-hydrogen) atoms. The molecule has 2 aromatic rings. The van der Waals surface area contributed by atoms with Crippen molar-refractivity contribution in [2.45, 2.75) is 51.5 Å². The number of aromatic nitrogens is 1. The van der Waals surface area contributed by atoms with E-state index in [1.54, 1.807) is 0 Å². The van der Waals surface area contributed by atoms with Crippen molar-refractivity contribution >= 4 is 38.5 Å². The molecular formula is C19H23N3O2S. The van der Waals surface area contributed by atoms with E-state index >= 15 is 0 Å². The Hall–Kier alpha value is -1.95. The molecule has 1 aromatic heterocycles. The van der Waals surface area contributed by atoms with Crippen molar-refractivity contribution in [1.82, 2.24) is 9.88 Å². The maximum atomic E-state index is 12.6. The number of nitrogens with one attached hydrogen (secondary N) is 1. The van der Waals surface area contributed by atoms with Crippen LogP contribution in [0.2, 0.25) is 0 Å². The van der Waals surface area contributed by atoms with Gasteiger partial charge in [-0.05, 0) is 37.0 Å². The molecule has 0 radical (unpaired) electrons. The smallest absolute Gasteiger partial charge is 0.231 e. The van der Waals surface area contributed by atoms with Crippen LogP contribution in [0.5, 0.6) is 0 Å². The molecule has 1 aromatic carbocycles. The zero-order valence-corrected chi connectivity index (χ0v) is 15.3. The molecule has 5 nitrogen and oxygen atoms in total. The molecule has 1 atom stereocenters. The summed E-state index contributed by atoms with van der Waals surface area (Å²) in [5.41, 5.74) is 2.18. The van der Waals surface area contributed by atoms with Crippen molar-refractivity contribution in [2.24, 2.45) is 5.92 Å². The Balaban J connectivity index is 1.44. The largest absolute Gasteiger partial charge is 0.339 e. The summed E-state index contributed by atoms with van der Waals surface area (Å²) in [5.74, 6) is -0.209. The number of benzene rings is 1. The summed E-state index contributed by atoms with van der Waals surface area (Å²) in [4.78, 5) is 31.3. The quantitative estimate of drug-likeness (QED) is 0.909. The van der Waals surface area contributed by atoms with Crippen molar-refractivity contribution < 1.29 is 9.59 Å². The standard InChI is InChI=1S/C19H23N3O2S/c1-2-12-7-8-15-16(9-12)25-19(20-15)21-18(24)13-10-17(23)22(11-13)14-5-3-4-6-14/h7-9,13-14H,2-6,10-11H2,1H3,(H,20,21,24)/t13-/m0/s1. The van der Waals surface area contributed by atoms with Crippen LogP contribution in [0.3, 0.4) is 0 Å². The van der Waals surface area contributed by atoms with Gasteiger partial charge in [-0.25, -0.2) is 4.98 Å². The van der Waals surface area contributed by atoms with Crippen LogP contribution < -0.4 is 5.32 Å². The number of rotatable bonds is 4. The second-order valence-corrected chi connectivity index (χ2v) is 8.08. The third-order valence-electron chi connectivity index (χ3n) is 5.39. The lowest BCUT2D eigenvalue weighted by Gasteiger charge is -2.23. The summed E-state index contributed by atoms with van der Waals surface area (Å²) in [6.45, 7) is 2.68. The number of thiazole rings is 1. The number of nitrogens with zero attached hydrogens (tertiary/aromatic N) is 2. The molecule has 1 aliphatic heterocycles. The molecule has 1 saturated heterocycles. The van der Waals surface area contributed by atoms with Gasteiger partial charge in [0.15, 0.2) is 5.13 Å². The third-order valence-corrected chi connectivity index (χ3v) is 6.32.